The molecule has 4 N–H and O–H groups in total. The number of hydrogen-bond acceptors (Lipinski definition) is 8. The van der Waals surface area contributed by atoms with E-state index in [4.69, 9.17) is 11.5 Å². The van der Waals surface area contributed by atoms with Gasteiger partial charge in [0.15, 0.2) is 0 Å². The van der Waals surface area contributed by atoms with Crippen molar-refractivity contribution in [3.8, 4) is 0 Å². The molecular weight excluding hydrogens is 404 g/mol. The Balaban J connectivity index is 1.39. The molecular formula is C20H20N6OS2. The predicted molar refractivity (Wildman–Crippen MR) is 118 cm³/mol. The van der Waals surface area contributed by atoms with E-state index in [1.165, 1.54) is 11.9 Å². The third kappa shape index (κ3) is 4.16. The Hall–Kier alpha value is -2.75. The largest absolute Gasteiger partial charge is 0.400 e. The molecule has 0 saturated heterocycles. The molecule has 148 valence electrons. The summed E-state index contributed by atoms with van der Waals surface area (Å²) in [5.41, 5.74) is 18.1. The summed E-state index contributed by atoms with van der Waals surface area (Å²) in [6, 6.07) is 8.89. The van der Waals surface area contributed by atoms with Crippen LogP contribution in [0.5, 0.6) is 0 Å². The molecule has 0 bridgehead atoms. The Morgan fingerprint density at radius 1 is 1.34 bits per heavy atom. The number of carbonyl (C=O) groups is 1. The number of benzene rings is 1. The summed E-state index contributed by atoms with van der Waals surface area (Å²) in [6.07, 6.45) is 3.41. The molecule has 0 aliphatic carbocycles. The number of pyridine rings is 1. The van der Waals surface area contributed by atoms with Gasteiger partial charge in [0.25, 0.3) is 0 Å². The van der Waals surface area contributed by atoms with Gasteiger partial charge in [0.1, 0.15) is 6.04 Å². The second-order valence-electron chi connectivity index (χ2n) is 6.71. The molecule has 29 heavy (non-hydrogen) atoms. The summed E-state index contributed by atoms with van der Waals surface area (Å²) in [7, 11) is 0. The average Bonchev–Trinajstić information content (AvgIpc) is 3.33. The summed E-state index contributed by atoms with van der Waals surface area (Å²) < 4.78 is 5.56. The highest BCUT2D eigenvalue weighted by Gasteiger charge is 2.29. The van der Waals surface area contributed by atoms with Crippen molar-refractivity contribution >= 4 is 45.6 Å². The van der Waals surface area contributed by atoms with E-state index in [9.17, 15) is 4.79 Å². The van der Waals surface area contributed by atoms with Gasteiger partial charge < -0.3 is 16.4 Å². The van der Waals surface area contributed by atoms with Crippen LogP contribution in [-0.4, -0.2) is 40.1 Å². The van der Waals surface area contributed by atoms with E-state index < -0.39 is 6.04 Å². The van der Waals surface area contributed by atoms with Crippen molar-refractivity contribution in [2.45, 2.75) is 17.9 Å². The Bertz CT molecular complexity index is 1120. The Morgan fingerprint density at radius 2 is 2.21 bits per heavy atom. The minimum absolute atomic E-state index is 0.171. The van der Waals surface area contributed by atoms with E-state index in [0.29, 0.717) is 18.8 Å². The molecule has 4 rings (SSSR count). The minimum atomic E-state index is -0.756. The van der Waals surface area contributed by atoms with Crippen molar-refractivity contribution in [2.24, 2.45) is 15.9 Å². The highest BCUT2D eigenvalue weighted by Crippen LogP contribution is 2.27. The normalized spacial score (nSPS) is 15.6. The van der Waals surface area contributed by atoms with Gasteiger partial charge in [-0.25, -0.2) is 9.38 Å². The third-order valence-electron chi connectivity index (χ3n) is 4.76. The van der Waals surface area contributed by atoms with Crippen molar-refractivity contribution in [3.05, 3.63) is 64.6 Å². The van der Waals surface area contributed by atoms with Crippen molar-refractivity contribution in [1.29, 1.82) is 0 Å². The molecule has 0 saturated carbocycles. The lowest BCUT2D eigenvalue weighted by atomic mass is 10.1. The van der Waals surface area contributed by atoms with E-state index in [1.807, 2.05) is 30.6 Å². The topological polar surface area (TPSA) is 110 Å². The maximum atomic E-state index is 12.8. The predicted octanol–water partition coefficient (Wildman–Crippen LogP) is 2.83. The lowest BCUT2D eigenvalue weighted by Gasteiger charge is -2.21. The SMILES string of the molecule is Cc1ncccc1C(N)C(=O)N1CC(N)=C(C=NSc2ccc3ncsc3c2)C1. The molecule has 1 aliphatic heterocycles. The van der Waals surface area contributed by atoms with Crippen molar-refractivity contribution in [3.63, 3.8) is 0 Å². The van der Waals surface area contributed by atoms with Crippen LogP contribution in [0.3, 0.4) is 0 Å². The molecule has 1 aliphatic rings. The first-order valence-electron chi connectivity index (χ1n) is 9.00. The fourth-order valence-corrected chi connectivity index (χ4v) is 4.54. The van der Waals surface area contributed by atoms with E-state index in [2.05, 4.69) is 20.4 Å². The number of aromatic nitrogens is 2. The van der Waals surface area contributed by atoms with Crippen LogP contribution in [-0.2, 0) is 4.79 Å². The zero-order valence-corrected chi connectivity index (χ0v) is 17.4. The molecule has 0 spiro atoms. The first kappa shape index (κ1) is 19.6. The number of amides is 1. The second kappa shape index (κ2) is 8.32. The van der Waals surface area contributed by atoms with Crippen LogP contribution in [0.15, 0.2) is 62.6 Å². The molecule has 2 aromatic heterocycles. The monoisotopic (exact) mass is 424 g/mol. The average molecular weight is 425 g/mol. The lowest BCUT2D eigenvalue weighted by molar-refractivity contribution is -0.131. The maximum Gasteiger partial charge on any atom is 0.244 e. The molecule has 9 heteroatoms. The lowest BCUT2D eigenvalue weighted by Crippen LogP contribution is -2.38. The van der Waals surface area contributed by atoms with Crippen LogP contribution in [0.1, 0.15) is 17.3 Å². The number of hydrogen-bond donors (Lipinski definition) is 2. The fraction of sp³-hybridized carbons (Fsp3) is 0.200. The summed E-state index contributed by atoms with van der Waals surface area (Å²) >= 11 is 2.96. The van der Waals surface area contributed by atoms with Crippen molar-refractivity contribution in [1.82, 2.24) is 14.9 Å². The van der Waals surface area contributed by atoms with Crippen molar-refractivity contribution in [2.75, 3.05) is 13.1 Å². The fourth-order valence-electron chi connectivity index (χ4n) is 3.15. The Kier molecular flexibility index (Phi) is 5.61. The molecule has 1 amide bonds. The first-order valence-corrected chi connectivity index (χ1v) is 10.7. The number of aryl methyl sites for hydroxylation is 1. The van der Waals surface area contributed by atoms with E-state index in [0.717, 1.165) is 31.9 Å². The highest BCUT2D eigenvalue weighted by atomic mass is 32.2. The van der Waals surface area contributed by atoms with Gasteiger partial charge in [-0.1, -0.05) is 6.07 Å². The second-order valence-corrected chi connectivity index (χ2v) is 8.46. The van der Waals surface area contributed by atoms with E-state index in [-0.39, 0.29) is 5.91 Å². The minimum Gasteiger partial charge on any atom is -0.400 e. The summed E-state index contributed by atoms with van der Waals surface area (Å²) in [4.78, 5) is 24.0. The highest BCUT2D eigenvalue weighted by molar-refractivity contribution is 7.98. The van der Waals surface area contributed by atoms with Gasteiger partial charge in [-0.3, -0.25) is 9.78 Å². The summed E-state index contributed by atoms with van der Waals surface area (Å²) in [5.74, 6) is -0.171. The molecule has 1 aromatic carbocycles. The molecule has 7 nitrogen and oxygen atoms in total. The molecule has 0 radical (unpaired) electrons. The molecule has 1 atom stereocenters. The molecule has 0 fully saturated rings. The van der Waals surface area contributed by atoms with Gasteiger partial charge in [-0.05, 0) is 36.8 Å². The number of thiazole rings is 1. The Morgan fingerprint density at radius 3 is 3.03 bits per heavy atom. The van der Waals surface area contributed by atoms with Crippen LogP contribution in [0.25, 0.3) is 10.2 Å². The maximum absolute atomic E-state index is 12.8. The Labute approximate surface area is 176 Å². The first-order chi connectivity index (χ1) is 14.0. The standard InChI is InChI=1S/C20H20N6OS2/c1-12-15(3-2-6-23-12)19(22)20(27)26-9-13(16(21)10-26)8-25-29-14-4-5-17-18(7-14)28-11-24-17/h2-8,11,19H,9-10,21-22H2,1H3. The molecule has 3 aromatic rings. The van der Waals surface area contributed by atoms with Crippen LogP contribution in [0, 0.1) is 6.92 Å². The van der Waals surface area contributed by atoms with Crippen LogP contribution >= 0.6 is 23.3 Å². The van der Waals surface area contributed by atoms with E-state index >= 15 is 0 Å². The van der Waals surface area contributed by atoms with Gasteiger partial charge in [0.05, 0.1) is 22.3 Å². The quantitative estimate of drug-likeness (QED) is 0.481. The number of nitrogens with two attached hydrogens (primary N) is 2. The number of nitrogens with zero attached hydrogens (tertiary/aromatic N) is 4. The third-order valence-corrected chi connectivity index (χ3v) is 6.23. The zero-order valence-electron chi connectivity index (χ0n) is 15.8. The number of carbonyl (C=O) groups excluding carboxylic acids is 1. The van der Waals surface area contributed by atoms with Crippen LogP contribution in [0.2, 0.25) is 0 Å². The van der Waals surface area contributed by atoms with Gasteiger partial charge >= 0.3 is 0 Å². The smallest absolute Gasteiger partial charge is 0.244 e. The summed E-state index contributed by atoms with van der Waals surface area (Å²) in [5, 5.41) is 0. The van der Waals surface area contributed by atoms with Crippen LogP contribution in [0.4, 0.5) is 0 Å². The molecule has 1 unspecified atom stereocenters. The van der Waals surface area contributed by atoms with Crippen molar-refractivity contribution < 1.29 is 4.79 Å². The molecule has 3 heterocycles. The van der Waals surface area contributed by atoms with Gasteiger partial charge in [-0.2, -0.15) is 0 Å². The summed E-state index contributed by atoms with van der Waals surface area (Å²) in [6.45, 7) is 2.60. The zero-order chi connectivity index (χ0) is 20.4. The van der Waals surface area contributed by atoms with Gasteiger partial charge in [0.2, 0.25) is 5.91 Å². The number of fused-ring (bicyclic) bond motifs is 1. The van der Waals surface area contributed by atoms with Gasteiger partial charge in [0, 0.05) is 52.8 Å². The number of rotatable bonds is 5. The van der Waals surface area contributed by atoms with Crippen LogP contribution < -0.4 is 11.5 Å². The van der Waals surface area contributed by atoms with E-state index in [1.54, 1.807) is 34.7 Å². The van der Waals surface area contributed by atoms with Gasteiger partial charge in [-0.15, -0.1) is 11.3 Å².